The zero-order valence-electron chi connectivity index (χ0n) is 21.9. The third kappa shape index (κ3) is 5.81. The molecule has 1 unspecified atom stereocenters. The van der Waals surface area contributed by atoms with Gasteiger partial charge in [0.15, 0.2) is 11.5 Å². The molecule has 3 aromatic rings. The van der Waals surface area contributed by atoms with Gasteiger partial charge in [-0.15, -0.1) is 0 Å². The predicted molar refractivity (Wildman–Crippen MR) is 142 cm³/mol. The van der Waals surface area contributed by atoms with Crippen LogP contribution in [0.2, 0.25) is 0 Å². The first-order valence-corrected chi connectivity index (χ1v) is 13.0. The Morgan fingerprint density at radius 3 is 2.58 bits per heavy atom. The van der Waals surface area contributed by atoms with E-state index >= 15 is 0 Å². The molecule has 0 spiro atoms. The minimum atomic E-state index is -0.139. The molecule has 0 N–H and O–H groups in total. The van der Waals surface area contributed by atoms with Gasteiger partial charge in [-0.2, -0.15) is 0 Å². The van der Waals surface area contributed by atoms with Crippen LogP contribution in [0.25, 0.3) is 0 Å². The fourth-order valence-electron chi connectivity index (χ4n) is 5.02. The van der Waals surface area contributed by atoms with Crippen molar-refractivity contribution in [2.75, 3.05) is 26.9 Å². The first-order chi connectivity index (χ1) is 18.5. The zero-order chi connectivity index (χ0) is 26.5. The Kier molecular flexibility index (Phi) is 7.89. The standard InChI is InChI=1S/C30H33N3O5/c1-21(24-6-8-26-25(17-24)11-14-37-26)32(20-23-4-3-12-31-18-23)19-22-5-7-27(28(16-22)36-2)38-15-13-33-29(34)9-10-30(33)35/h3-8,12,16-18,21H,9-11,13-15,19-20H2,1-2H3. The van der Waals surface area contributed by atoms with Crippen molar-refractivity contribution in [2.24, 2.45) is 0 Å². The van der Waals surface area contributed by atoms with Gasteiger partial charge in [-0.1, -0.05) is 24.3 Å². The van der Waals surface area contributed by atoms with Gasteiger partial charge in [0.25, 0.3) is 0 Å². The van der Waals surface area contributed by atoms with Gasteiger partial charge >= 0.3 is 0 Å². The molecule has 0 radical (unpaired) electrons. The lowest BCUT2D eigenvalue weighted by atomic mass is 10.0. The largest absolute Gasteiger partial charge is 0.493 e. The number of aromatic nitrogens is 1. The second-order valence-corrected chi connectivity index (χ2v) is 9.68. The molecule has 2 amide bonds. The summed E-state index contributed by atoms with van der Waals surface area (Å²) in [6, 6.07) is 16.6. The molecule has 1 atom stereocenters. The summed E-state index contributed by atoms with van der Waals surface area (Å²) in [7, 11) is 1.61. The first-order valence-electron chi connectivity index (χ1n) is 13.0. The van der Waals surface area contributed by atoms with E-state index in [1.165, 1.54) is 16.0 Å². The van der Waals surface area contributed by atoms with E-state index in [1.54, 1.807) is 13.3 Å². The maximum Gasteiger partial charge on any atom is 0.229 e. The molecule has 3 heterocycles. The summed E-state index contributed by atoms with van der Waals surface area (Å²) in [6.07, 6.45) is 5.20. The van der Waals surface area contributed by atoms with Crippen molar-refractivity contribution in [1.82, 2.24) is 14.8 Å². The number of pyridine rings is 1. The Hall–Kier alpha value is -3.91. The fraction of sp³-hybridized carbons (Fsp3) is 0.367. The molecule has 5 rings (SSSR count). The Labute approximate surface area is 223 Å². The van der Waals surface area contributed by atoms with Crippen molar-refractivity contribution in [3.8, 4) is 17.2 Å². The second-order valence-electron chi connectivity index (χ2n) is 9.68. The van der Waals surface area contributed by atoms with E-state index in [2.05, 4.69) is 41.1 Å². The van der Waals surface area contributed by atoms with Crippen LogP contribution in [0.4, 0.5) is 0 Å². The van der Waals surface area contributed by atoms with Gasteiger partial charge in [-0.3, -0.25) is 24.4 Å². The average Bonchev–Trinajstić information content (AvgIpc) is 3.54. The van der Waals surface area contributed by atoms with Crippen LogP contribution in [0.3, 0.4) is 0 Å². The topological polar surface area (TPSA) is 81.2 Å². The van der Waals surface area contributed by atoms with Crippen molar-refractivity contribution in [1.29, 1.82) is 0 Å². The van der Waals surface area contributed by atoms with Crippen LogP contribution in [0.5, 0.6) is 17.2 Å². The highest BCUT2D eigenvalue weighted by Gasteiger charge is 2.28. The molecule has 0 bridgehead atoms. The number of rotatable bonds is 11. The predicted octanol–water partition coefficient (Wildman–Crippen LogP) is 4.32. The van der Waals surface area contributed by atoms with Gasteiger partial charge in [-0.25, -0.2) is 0 Å². The Bertz CT molecular complexity index is 1280. The van der Waals surface area contributed by atoms with Gasteiger partial charge in [0.1, 0.15) is 12.4 Å². The molecule has 0 aliphatic carbocycles. The minimum Gasteiger partial charge on any atom is -0.493 e. The summed E-state index contributed by atoms with van der Waals surface area (Å²) < 4.78 is 17.2. The molecule has 2 aromatic carbocycles. The van der Waals surface area contributed by atoms with E-state index in [1.807, 2.05) is 30.5 Å². The van der Waals surface area contributed by atoms with Crippen LogP contribution >= 0.6 is 0 Å². The number of ether oxygens (including phenoxy) is 3. The molecular weight excluding hydrogens is 482 g/mol. The lowest BCUT2D eigenvalue weighted by molar-refractivity contribution is -0.138. The molecule has 2 aliphatic rings. The van der Waals surface area contributed by atoms with Crippen LogP contribution in [0.1, 0.15) is 48.1 Å². The number of amides is 2. The summed E-state index contributed by atoms with van der Waals surface area (Å²) in [6.45, 7) is 4.86. The number of nitrogens with zero attached hydrogens (tertiary/aromatic N) is 3. The summed E-state index contributed by atoms with van der Waals surface area (Å²) in [4.78, 5) is 31.7. The Morgan fingerprint density at radius 2 is 1.82 bits per heavy atom. The van der Waals surface area contributed by atoms with Gasteiger partial charge in [-0.05, 0) is 53.4 Å². The quantitative estimate of drug-likeness (QED) is 0.352. The van der Waals surface area contributed by atoms with Crippen molar-refractivity contribution in [3.63, 3.8) is 0 Å². The van der Waals surface area contributed by atoms with Gasteiger partial charge < -0.3 is 14.2 Å². The SMILES string of the molecule is COc1cc(CN(Cc2cccnc2)C(C)c2ccc3c(c2)CCO3)ccc1OCCN1C(=O)CCC1=O. The highest BCUT2D eigenvalue weighted by molar-refractivity contribution is 6.01. The number of benzene rings is 2. The van der Waals surface area contributed by atoms with Crippen molar-refractivity contribution in [3.05, 3.63) is 83.2 Å². The molecule has 198 valence electrons. The summed E-state index contributed by atoms with van der Waals surface area (Å²) in [5, 5.41) is 0. The second kappa shape index (κ2) is 11.6. The Morgan fingerprint density at radius 1 is 1.00 bits per heavy atom. The van der Waals surface area contributed by atoms with E-state index in [0.717, 1.165) is 36.4 Å². The minimum absolute atomic E-state index is 0.139. The smallest absolute Gasteiger partial charge is 0.229 e. The number of imide groups is 1. The molecule has 0 saturated carbocycles. The van der Waals surface area contributed by atoms with E-state index < -0.39 is 0 Å². The van der Waals surface area contributed by atoms with E-state index in [0.29, 0.717) is 18.0 Å². The monoisotopic (exact) mass is 515 g/mol. The van der Waals surface area contributed by atoms with Crippen molar-refractivity contribution >= 4 is 11.8 Å². The fourth-order valence-corrected chi connectivity index (χ4v) is 5.02. The number of carbonyl (C=O) groups is 2. The van der Waals surface area contributed by atoms with Crippen LogP contribution < -0.4 is 14.2 Å². The Balaban J connectivity index is 1.31. The van der Waals surface area contributed by atoms with Gasteiger partial charge in [0, 0.05) is 50.8 Å². The molecule has 1 aromatic heterocycles. The third-order valence-electron chi connectivity index (χ3n) is 7.19. The normalized spacial score (nSPS) is 15.5. The molecule has 8 nitrogen and oxygen atoms in total. The molecule has 2 aliphatic heterocycles. The maximum absolute atomic E-state index is 11.9. The summed E-state index contributed by atoms with van der Waals surface area (Å²) >= 11 is 0. The molecule has 38 heavy (non-hydrogen) atoms. The molecular formula is C30H33N3O5. The maximum atomic E-state index is 11.9. The first kappa shape index (κ1) is 25.7. The highest BCUT2D eigenvalue weighted by Crippen LogP contribution is 2.33. The zero-order valence-corrected chi connectivity index (χ0v) is 21.9. The van der Waals surface area contributed by atoms with E-state index in [-0.39, 0.29) is 43.8 Å². The van der Waals surface area contributed by atoms with Crippen LogP contribution in [-0.2, 0) is 29.1 Å². The third-order valence-corrected chi connectivity index (χ3v) is 7.19. The van der Waals surface area contributed by atoms with E-state index in [4.69, 9.17) is 14.2 Å². The lowest BCUT2D eigenvalue weighted by Gasteiger charge is -2.30. The van der Waals surface area contributed by atoms with Crippen LogP contribution in [-0.4, -0.2) is 53.5 Å². The number of likely N-dealkylation sites (tertiary alicyclic amines) is 1. The van der Waals surface area contributed by atoms with Crippen LogP contribution in [0, 0.1) is 0 Å². The van der Waals surface area contributed by atoms with E-state index in [9.17, 15) is 9.59 Å². The van der Waals surface area contributed by atoms with Gasteiger partial charge in [0.2, 0.25) is 11.8 Å². The number of fused-ring (bicyclic) bond motifs is 1. The molecule has 1 saturated heterocycles. The van der Waals surface area contributed by atoms with Gasteiger partial charge in [0.05, 0.1) is 20.3 Å². The number of hydrogen-bond donors (Lipinski definition) is 0. The van der Waals surface area contributed by atoms with Crippen molar-refractivity contribution < 1.29 is 23.8 Å². The molecule has 1 fully saturated rings. The summed E-state index contributed by atoms with van der Waals surface area (Å²) in [5.41, 5.74) is 4.73. The number of hydrogen-bond acceptors (Lipinski definition) is 7. The highest BCUT2D eigenvalue weighted by atomic mass is 16.5. The molecule has 8 heteroatoms. The van der Waals surface area contributed by atoms with Crippen molar-refractivity contribution in [2.45, 2.75) is 45.3 Å². The lowest BCUT2D eigenvalue weighted by Crippen LogP contribution is -2.33. The average molecular weight is 516 g/mol. The number of methoxy groups -OCH3 is 1. The van der Waals surface area contributed by atoms with Crippen LogP contribution in [0.15, 0.2) is 60.9 Å². The summed E-state index contributed by atoms with van der Waals surface area (Å²) in [5.74, 6) is 1.91. The number of carbonyl (C=O) groups excluding carboxylic acids is 2.